The van der Waals surface area contributed by atoms with Crippen molar-refractivity contribution >= 4 is 12.0 Å². The lowest BCUT2D eigenvalue weighted by atomic mass is 9.89. The Kier molecular flexibility index (Phi) is 5.63. The van der Waals surface area contributed by atoms with Gasteiger partial charge in [0.15, 0.2) is 0 Å². The molecule has 1 heterocycles. The van der Waals surface area contributed by atoms with Crippen molar-refractivity contribution in [3.05, 3.63) is 0 Å². The standard InChI is InChI=1S/C14H26N2O3/c1-4-11(5-2)10-15-13(19)16-9-7-6-8-14(16,3)12(17)18/h11H,4-10H2,1-3H3,(H,15,19)(H,17,18). The minimum absolute atomic E-state index is 0.239. The van der Waals surface area contributed by atoms with Crippen LogP contribution in [0, 0.1) is 5.92 Å². The van der Waals surface area contributed by atoms with Gasteiger partial charge in [0, 0.05) is 13.1 Å². The molecular weight excluding hydrogens is 244 g/mol. The van der Waals surface area contributed by atoms with Gasteiger partial charge in [-0.05, 0) is 32.1 Å². The van der Waals surface area contributed by atoms with Crippen molar-refractivity contribution in [1.29, 1.82) is 0 Å². The van der Waals surface area contributed by atoms with E-state index >= 15 is 0 Å². The summed E-state index contributed by atoms with van der Waals surface area (Å²) >= 11 is 0. The van der Waals surface area contributed by atoms with E-state index in [-0.39, 0.29) is 6.03 Å². The molecular formula is C14H26N2O3. The number of carbonyl (C=O) groups is 2. The second-order valence-corrected chi connectivity index (χ2v) is 5.56. The molecule has 19 heavy (non-hydrogen) atoms. The summed E-state index contributed by atoms with van der Waals surface area (Å²) in [5.41, 5.74) is -1.06. The molecule has 1 aliphatic heterocycles. The van der Waals surface area contributed by atoms with Crippen LogP contribution < -0.4 is 5.32 Å². The number of likely N-dealkylation sites (tertiary alicyclic amines) is 1. The molecule has 1 fully saturated rings. The first kappa shape index (κ1) is 15.8. The number of aliphatic carboxylic acids is 1. The monoisotopic (exact) mass is 270 g/mol. The second-order valence-electron chi connectivity index (χ2n) is 5.56. The summed E-state index contributed by atoms with van der Waals surface area (Å²) in [5.74, 6) is -0.449. The minimum atomic E-state index is -1.06. The molecule has 2 amide bonds. The second kappa shape index (κ2) is 6.78. The average molecular weight is 270 g/mol. The number of amides is 2. The van der Waals surface area contributed by atoms with Crippen molar-refractivity contribution < 1.29 is 14.7 Å². The Hall–Kier alpha value is -1.26. The van der Waals surface area contributed by atoms with Crippen LogP contribution >= 0.6 is 0 Å². The maximum Gasteiger partial charge on any atom is 0.329 e. The zero-order valence-corrected chi connectivity index (χ0v) is 12.2. The molecule has 1 unspecified atom stereocenters. The molecule has 5 heteroatoms. The minimum Gasteiger partial charge on any atom is -0.480 e. The molecule has 1 saturated heterocycles. The van der Waals surface area contributed by atoms with Crippen LogP contribution in [-0.2, 0) is 4.79 Å². The predicted octanol–water partition coefficient (Wildman–Crippen LogP) is 2.46. The van der Waals surface area contributed by atoms with Crippen LogP contribution in [-0.4, -0.2) is 40.6 Å². The third kappa shape index (κ3) is 3.61. The van der Waals surface area contributed by atoms with E-state index in [9.17, 15) is 14.7 Å². The Balaban J connectivity index is 2.65. The summed E-state index contributed by atoms with van der Waals surface area (Å²) < 4.78 is 0. The zero-order chi connectivity index (χ0) is 14.5. The summed E-state index contributed by atoms with van der Waals surface area (Å²) in [6.07, 6.45) is 4.31. The highest BCUT2D eigenvalue weighted by atomic mass is 16.4. The van der Waals surface area contributed by atoms with Gasteiger partial charge in [0.2, 0.25) is 0 Å². The van der Waals surface area contributed by atoms with Crippen molar-refractivity contribution in [1.82, 2.24) is 10.2 Å². The number of nitrogens with zero attached hydrogens (tertiary/aromatic N) is 1. The van der Waals surface area contributed by atoms with E-state index in [4.69, 9.17) is 0 Å². The first-order valence-electron chi connectivity index (χ1n) is 7.24. The van der Waals surface area contributed by atoms with Crippen LogP contribution in [0.15, 0.2) is 0 Å². The molecule has 0 saturated carbocycles. The number of carboxylic acid groups (broad SMARTS) is 1. The fourth-order valence-electron chi connectivity index (χ4n) is 2.57. The van der Waals surface area contributed by atoms with E-state index < -0.39 is 11.5 Å². The SMILES string of the molecule is CCC(CC)CNC(=O)N1CCCCC1(C)C(=O)O. The normalized spacial score (nSPS) is 23.5. The largest absolute Gasteiger partial charge is 0.480 e. The van der Waals surface area contributed by atoms with Crippen LogP contribution in [0.4, 0.5) is 4.79 Å². The number of urea groups is 1. The van der Waals surface area contributed by atoms with Crippen LogP contribution in [0.3, 0.4) is 0 Å². The Morgan fingerprint density at radius 1 is 1.32 bits per heavy atom. The van der Waals surface area contributed by atoms with Crippen molar-refractivity contribution in [2.45, 2.75) is 58.4 Å². The van der Waals surface area contributed by atoms with Crippen molar-refractivity contribution in [2.75, 3.05) is 13.1 Å². The Morgan fingerprint density at radius 2 is 1.95 bits per heavy atom. The predicted molar refractivity (Wildman–Crippen MR) is 74.1 cm³/mol. The lowest BCUT2D eigenvalue weighted by molar-refractivity contribution is -0.150. The average Bonchev–Trinajstić information content (AvgIpc) is 2.40. The van der Waals surface area contributed by atoms with Gasteiger partial charge in [-0.15, -0.1) is 0 Å². The summed E-state index contributed by atoms with van der Waals surface area (Å²) in [6, 6.07) is -0.239. The van der Waals surface area contributed by atoms with E-state index in [0.717, 1.165) is 25.7 Å². The van der Waals surface area contributed by atoms with E-state index in [0.29, 0.717) is 25.4 Å². The van der Waals surface area contributed by atoms with Crippen LogP contribution in [0.25, 0.3) is 0 Å². The molecule has 0 aliphatic carbocycles. The van der Waals surface area contributed by atoms with Gasteiger partial charge in [-0.3, -0.25) is 0 Å². The fraction of sp³-hybridized carbons (Fsp3) is 0.857. The molecule has 1 rings (SSSR count). The Labute approximate surface area is 115 Å². The highest BCUT2D eigenvalue weighted by Crippen LogP contribution is 2.28. The molecule has 110 valence electrons. The van der Waals surface area contributed by atoms with Gasteiger partial charge in [0.1, 0.15) is 5.54 Å². The van der Waals surface area contributed by atoms with Gasteiger partial charge in [0.25, 0.3) is 0 Å². The fourth-order valence-corrected chi connectivity index (χ4v) is 2.57. The van der Waals surface area contributed by atoms with Gasteiger partial charge >= 0.3 is 12.0 Å². The molecule has 0 bridgehead atoms. The molecule has 0 radical (unpaired) electrons. The van der Waals surface area contributed by atoms with Gasteiger partial charge in [-0.2, -0.15) is 0 Å². The zero-order valence-electron chi connectivity index (χ0n) is 12.2. The Morgan fingerprint density at radius 3 is 2.47 bits per heavy atom. The molecule has 0 aromatic rings. The van der Waals surface area contributed by atoms with Crippen LogP contribution in [0.1, 0.15) is 52.9 Å². The summed E-state index contributed by atoms with van der Waals surface area (Å²) in [6.45, 7) is 6.99. The number of hydrogen-bond donors (Lipinski definition) is 2. The Bertz CT molecular complexity index is 329. The first-order chi connectivity index (χ1) is 8.95. The summed E-state index contributed by atoms with van der Waals surface area (Å²) in [5, 5.41) is 12.3. The number of carboxylic acids is 1. The smallest absolute Gasteiger partial charge is 0.329 e. The third-order valence-corrected chi connectivity index (χ3v) is 4.29. The van der Waals surface area contributed by atoms with Gasteiger partial charge in [-0.25, -0.2) is 9.59 Å². The highest BCUT2D eigenvalue weighted by Gasteiger charge is 2.43. The molecule has 1 atom stereocenters. The number of carbonyl (C=O) groups excluding carboxylic acids is 1. The maximum absolute atomic E-state index is 12.2. The molecule has 1 aliphatic rings. The topological polar surface area (TPSA) is 69.6 Å². The van der Waals surface area contributed by atoms with Crippen molar-refractivity contribution in [3.63, 3.8) is 0 Å². The maximum atomic E-state index is 12.2. The third-order valence-electron chi connectivity index (χ3n) is 4.29. The van der Waals surface area contributed by atoms with Crippen LogP contribution in [0.5, 0.6) is 0 Å². The van der Waals surface area contributed by atoms with E-state index in [1.807, 2.05) is 0 Å². The van der Waals surface area contributed by atoms with Gasteiger partial charge in [0.05, 0.1) is 0 Å². The first-order valence-corrected chi connectivity index (χ1v) is 7.24. The van der Waals surface area contributed by atoms with Gasteiger partial charge in [-0.1, -0.05) is 26.7 Å². The molecule has 0 spiro atoms. The lowest BCUT2D eigenvalue weighted by Crippen LogP contribution is -2.60. The summed E-state index contributed by atoms with van der Waals surface area (Å²) in [4.78, 5) is 25.1. The number of piperidine rings is 1. The molecule has 5 nitrogen and oxygen atoms in total. The van der Waals surface area contributed by atoms with Crippen LogP contribution in [0.2, 0.25) is 0 Å². The summed E-state index contributed by atoms with van der Waals surface area (Å²) in [7, 11) is 0. The molecule has 2 N–H and O–H groups in total. The number of nitrogens with one attached hydrogen (secondary N) is 1. The van der Waals surface area contributed by atoms with Crippen molar-refractivity contribution in [3.8, 4) is 0 Å². The highest BCUT2D eigenvalue weighted by molar-refractivity contribution is 5.86. The van der Waals surface area contributed by atoms with E-state index in [2.05, 4.69) is 19.2 Å². The van der Waals surface area contributed by atoms with Crippen molar-refractivity contribution in [2.24, 2.45) is 5.92 Å². The van der Waals surface area contributed by atoms with Gasteiger partial charge < -0.3 is 15.3 Å². The van der Waals surface area contributed by atoms with E-state index in [1.54, 1.807) is 6.92 Å². The quantitative estimate of drug-likeness (QED) is 0.806. The molecule has 0 aromatic carbocycles. The lowest BCUT2D eigenvalue weighted by Gasteiger charge is -2.41. The number of rotatable bonds is 5. The van der Waals surface area contributed by atoms with E-state index in [1.165, 1.54) is 4.90 Å². The number of hydrogen-bond acceptors (Lipinski definition) is 2. The molecule has 0 aromatic heterocycles.